The molecule has 1 atom stereocenters. The number of amides is 1. The molecule has 0 spiro atoms. The standard InChI is InChI=1S/C18H15BrCl2F2N6O/c1-28(2)17(30)14-10(21)16-15(24-4-3-5-29(16)27-14)13-7-6-8(20)9(19)11(22)12(7)25-18(23)26-13/h6,15,24H,3-5H2,1-2H3. The van der Waals surface area contributed by atoms with Crippen LogP contribution in [0.3, 0.4) is 0 Å². The van der Waals surface area contributed by atoms with Crippen LogP contribution < -0.4 is 5.32 Å². The minimum atomic E-state index is -1.09. The van der Waals surface area contributed by atoms with Gasteiger partial charge in [-0.25, -0.2) is 9.37 Å². The van der Waals surface area contributed by atoms with E-state index in [1.54, 1.807) is 18.8 Å². The van der Waals surface area contributed by atoms with Gasteiger partial charge in [0.2, 0.25) is 0 Å². The highest BCUT2D eigenvalue weighted by Crippen LogP contribution is 2.38. The number of fused-ring (bicyclic) bond motifs is 2. The molecule has 1 aliphatic heterocycles. The van der Waals surface area contributed by atoms with Gasteiger partial charge in [0.15, 0.2) is 11.5 Å². The normalized spacial score (nSPS) is 16.4. The third-order valence-corrected chi connectivity index (χ3v) is 6.49. The van der Waals surface area contributed by atoms with Gasteiger partial charge in [0.1, 0.15) is 5.52 Å². The third-order valence-electron chi connectivity index (χ3n) is 4.81. The smallest absolute Gasteiger partial charge is 0.309 e. The fourth-order valence-electron chi connectivity index (χ4n) is 3.43. The average Bonchev–Trinajstić information content (AvgIpc) is 2.88. The van der Waals surface area contributed by atoms with Gasteiger partial charge in [-0.3, -0.25) is 9.48 Å². The number of carbonyl (C=O) groups is 1. The van der Waals surface area contributed by atoms with E-state index in [0.717, 1.165) is 0 Å². The molecule has 1 unspecified atom stereocenters. The van der Waals surface area contributed by atoms with Crippen LogP contribution >= 0.6 is 39.1 Å². The zero-order valence-electron chi connectivity index (χ0n) is 15.8. The molecule has 0 radical (unpaired) electrons. The molecule has 3 aromatic rings. The van der Waals surface area contributed by atoms with E-state index < -0.39 is 17.9 Å². The summed E-state index contributed by atoms with van der Waals surface area (Å²) in [7, 11) is 3.18. The van der Waals surface area contributed by atoms with E-state index in [-0.39, 0.29) is 42.7 Å². The number of carbonyl (C=O) groups excluding carboxylic acids is 1. The van der Waals surface area contributed by atoms with E-state index in [4.69, 9.17) is 23.2 Å². The van der Waals surface area contributed by atoms with Gasteiger partial charge in [-0.15, -0.1) is 0 Å². The molecule has 0 bridgehead atoms. The topological polar surface area (TPSA) is 75.9 Å². The van der Waals surface area contributed by atoms with Crippen molar-refractivity contribution < 1.29 is 13.6 Å². The number of rotatable bonds is 2. The molecular formula is C18H15BrCl2F2N6O. The molecule has 7 nitrogen and oxygen atoms in total. The van der Waals surface area contributed by atoms with Crippen molar-refractivity contribution in [2.75, 3.05) is 20.6 Å². The Kier molecular flexibility index (Phi) is 5.69. The highest BCUT2D eigenvalue weighted by Gasteiger charge is 2.33. The van der Waals surface area contributed by atoms with Crippen LogP contribution in [-0.4, -0.2) is 51.2 Å². The lowest BCUT2D eigenvalue weighted by molar-refractivity contribution is 0.0821. The molecule has 12 heteroatoms. The first-order valence-electron chi connectivity index (χ1n) is 8.92. The number of hydrogen-bond acceptors (Lipinski definition) is 5. The maximum absolute atomic E-state index is 14.7. The molecule has 0 aliphatic carbocycles. The molecule has 1 N–H and O–H groups in total. The van der Waals surface area contributed by atoms with Crippen molar-refractivity contribution in [3.8, 4) is 0 Å². The third kappa shape index (κ3) is 3.45. The second-order valence-electron chi connectivity index (χ2n) is 6.97. The van der Waals surface area contributed by atoms with Crippen LogP contribution in [0.1, 0.15) is 34.3 Å². The summed E-state index contributed by atoms with van der Waals surface area (Å²) in [5, 5.41) is 8.06. The van der Waals surface area contributed by atoms with Crippen LogP contribution in [-0.2, 0) is 6.54 Å². The van der Waals surface area contributed by atoms with Crippen LogP contribution in [0.2, 0.25) is 10.0 Å². The Morgan fingerprint density at radius 2 is 2.07 bits per heavy atom. The first kappa shape index (κ1) is 21.4. The van der Waals surface area contributed by atoms with Crippen LogP contribution in [0.25, 0.3) is 10.9 Å². The Bertz CT molecular complexity index is 1190. The molecule has 0 fully saturated rings. The van der Waals surface area contributed by atoms with Gasteiger partial charge in [-0.2, -0.15) is 14.5 Å². The molecule has 2 aromatic heterocycles. The average molecular weight is 520 g/mol. The lowest BCUT2D eigenvalue weighted by atomic mass is 10.0. The highest BCUT2D eigenvalue weighted by atomic mass is 79.9. The van der Waals surface area contributed by atoms with Gasteiger partial charge in [-0.05, 0) is 35.0 Å². The molecule has 0 saturated heterocycles. The number of aromatic nitrogens is 4. The lowest BCUT2D eigenvalue weighted by Crippen LogP contribution is -2.25. The van der Waals surface area contributed by atoms with Crippen molar-refractivity contribution in [1.29, 1.82) is 0 Å². The Balaban J connectivity index is 1.99. The van der Waals surface area contributed by atoms with Crippen LogP contribution in [0.4, 0.5) is 8.78 Å². The van der Waals surface area contributed by atoms with Gasteiger partial charge < -0.3 is 10.2 Å². The second kappa shape index (κ2) is 7.99. The Hall–Kier alpha value is -1.88. The predicted octanol–water partition coefficient (Wildman–Crippen LogP) is 3.96. The minimum absolute atomic E-state index is 0.0171. The number of nitrogens with one attached hydrogen (secondary N) is 1. The van der Waals surface area contributed by atoms with Crippen molar-refractivity contribution in [3.05, 3.63) is 49.6 Å². The number of halogens is 5. The molecule has 3 heterocycles. The summed E-state index contributed by atoms with van der Waals surface area (Å²) in [6, 6.07) is 0.708. The predicted molar refractivity (Wildman–Crippen MR) is 112 cm³/mol. The molecular weight excluding hydrogens is 505 g/mol. The number of hydrogen-bond donors (Lipinski definition) is 1. The van der Waals surface area contributed by atoms with Gasteiger partial charge in [0, 0.05) is 26.0 Å². The summed E-state index contributed by atoms with van der Waals surface area (Å²) in [5.74, 6) is -1.16. The van der Waals surface area contributed by atoms with Crippen molar-refractivity contribution >= 4 is 55.9 Å². The molecule has 4 rings (SSSR count). The fraction of sp³-hybridized carbons (Fsp3) is 0.333. The van der Waals surface area contributed by atoms with E-state index in [1.165, 1.54) is 11.0 Å². The van der Waals surface area contributed by atoms with Gasteiger partial charge >= 0.3 is 6.08 Å². The van der Waals surface area contributed by atoms with Gasteiger partial charge in [0.05, 0.1) is 31.9 Å². The van der Waals surface area contributed by atoms with E-state index in [0.29, 0.717) is 25.2 Å². The first-order chi connectivity index (χ1) is 14.2. The zero-order valence-corrected chi connectivity index (χ0v) is 18.9. The summed E-state index contributed by atoms with van der Waals surface area (Å²) in [6.45, 7) is 1.03. The molecule has 1 aromatic carbocycles. The number of aryl methyl sites for hydroxylation is 1. The lowest BCUT2D eigenvalue weighted by Gasteiger charge is -2.19. The fourth-order valence-corrected chi connectivity index (χ4v) is 4.25. The van der Waals surface area contributed by atoms with Crippen LogP contribution in [0, 0.1) is 11.9 Å². The van der Waals surface area contributed by atoms with Crippen molar-refractivity contribution in [3.63, 3.8) is 0 Å². The Labute approximate surface area is 188 Å². The summed E-state index contributed by atoms with van der Waals surface area (Å²) < 4.78 is 30.6. The van der Waals surface area contributed by atoms with E-state index in [1.807, 2.05) is 0 Å². The monoisotopic (exact) mass is 518 g/mol. The van der Waals surface area contributed by atoms with Crippen LogP contribution in [0.5, 0.6) is 0 Å². The van der Waals surface area contributed by atoms with E-state index >= 15 is 0 Å². The maximum atomic E-state index is 14.7. The van der Waals surface area contributed by atoms with E-state index in [9.17, 15) is 13.6 Å². The van der Waals surface area contributed by atoms with Crippen molar-refractivity contribution in [1.82, 2.24) is 30.0 Å². The largest absolute Gasteiger partial charge is 0.343 e. The molecule has 1 aliphatic rings. The summed E-state index contributed by atoms with van der Waals surface area (Å²) in [6.07, 6.45) is -0.410. The number of benzene rings is 1. The van der Waals surface area contributed by atoms with Gasteiger partial charge in [0.25, 0.3) is 5.91 Å². The van der Waals surface area contributed by atoms with Crippen molar-refractivity contribution in [2.45, 2.75) is 19.0 Å². The quantitative estimate of drug-likeness (QED) is 0.409. The maximum Gasteiger partial charge on any atom is 0.309 e. The van der Waals surface area contributed by atoms with Crippen LogP contribution in [0.15, 0.2) is 10.5 Å². The molecule has 158 valence electrons. The Morgan fingerprint density at radius 3 is 2.77 bits per heavy atom. The first-order valence-corrected chi connectivity index (χ1v) is 10.5. The highest BCUT2D eigenvalue weighted by molar-refractivity contribution is 9.10. The minimum Gasteiger partial charge on any atom is -0.343 e. The molecule has 30 heavy (non-hydrogen) atoms. The SMILES string of the molecule is CN(C)C(=O)c1nn2c(c1Cl)C(c1nc(F)nc3c(F)c(Br)c(Cl)cc13)NCCC2. The number of nitrogens with zero attached hydrogens (tertiary/aromatic N) is 5. The molecule has 0 saturated carbocycles. The Morgan fingerprint density at radius 1 is 1.33 bits per heavy atom. The van der Waals surface area contributed by atoms with Crippen molar-refractivity contribution in [2.24, 2.45) is 0 Å². The zero-order chi connectivity index (χ0) is 21.7. The van der Waals surface area contributed by atoms with Gasteiger partial charge in [-0.1, -0.05) is 23.2 Å². The summed E-state index contributed by atoms with van der Waals surface area (Å²) in [5.41, 5.74) is 0.459. The molecule has 1 amide bonds. The summed E-state index contributed by atoms with van der Waals surface area (Å²) >= 11 is 15.7. The van der Waals surface area contributed by atoms with E-state index in [2.05, 4.69) is 36.3 Å². The summed E-state index contributed by atoms with van der Waals surface area (Å²) in [4.78, 5) is 21.4. The second-order valence-corrected chi connectivity index (χ2v) is 8.55.